The zero-order chi connectivity index (χ0) is 51.3. The van der Waals surface area contributed by atoms with Crippen LogP contribution in [0.5, 0.6) is 0 Å². The number of fused-ring (bicyclic) bond motifs is 1. The van der Waals surface area contributed by atoms with Crippen LogP contribution in [0.1, 0.15) is 54.7 Å². The molecule has 5 rings (SSSR count). The van der Waals surface area contributed by atoms with Crippen molar-refractivity contribution in [3.63, 3.8) is 0 Å². The Morgan fingerprint density at radius 2 is 1.04 bits per heavy atom. The number of carbonyl (C=O) groups is 7. The van der Waals surface area contributed by atoms with Gasteiger partial charge in [-0.1, -0.05) is 18.2 Å². The van der Waals surface area contributed by atoms with E-state index >= 15 is 0 Å². The lowest BCUT2D eigenvalue weighted by Gasteiger charge is -2.27. The van der Waals surface area contributed by atoms with Crippen LogP contribution in [0.3, 0.4) is 0 Å². The van der Waals surface area contributed by atoms with Crippen molar-refractivity contribution in [3.05, 3.63) is 90.7 Å². The average Bonchev–Trinajstić information content (AvgIpc) is 4.21. The lowest BCUT2D eigenvalue weighted by Crippen LogP contribution is -2.61. The zero-order valence-corrected chi connectivity index (χ0v) is 38.7. The third kappa shape index (κ3) is 16.8. The molecule has 1 aromatic carbocycles. The number of H-pyrrole nitrogens is 4. The van der Waals surface area contributed by atoms with E-state index in [2.05, 4.69) is 71.8 Å². The van der Waals surface area contributed by atoms with Gasteiger partial charge >= 0.3 is 5.97 Å². The number of nitrogens with one attached hydrogen (secondary N) is 10. The maximum absolute atomic E-state index is 14.7. The van der Waals surface area contributed by atoms with Gasteiger partial charge in [0.15, 0.2) is 5.96 Å². The fraction of sp³-hybridized carbons (Fsp3) is 0.432. The zero-order valence-electron chi connectivity index (χ0n) is 38.7. The number of aliphatic hydroxyl groups is 1. The second-order valence-electron chi connectivity index (χ2n) is 16.6. The summed E-state index contributed by atoms with van der Waals surface area (Å²) in [6, 6.07) is -2.36. The van der Waals surface area contributed by atoms with Crippen LogP contribution in [0.15, 0.2) is 73.0 Å². The Morgan fingerprint density at radius 1 is 0.592 bits per heavy atom. The van der Waals surface area contributed by atoms with Crippen molar-refractivity contribution in [1.29, 1.82) is 0 Å². The Balaban J connectivity index is 1.45. The number of aliphatic carboxylic acids is 1. The number of hydrogen-bond acceptors (Lipinski definition) is 14. The van der Waals surface area contributed by atoms with Crippen LogP contribution in [0.25, 0.3) is 10.9 Å². The van der Waals surface area contributed by atoms with Crippen LogP contribution in [0.2, 0.25) is 0 Å². The first kappa shape index (κ1) is 53.8. The van der Waals surface area contributed by atoms with Gasteiger partial charge in [0.25, 0.3) is 0 Å². The van der Waals surface area contributed by atoms with Crippen molar-refractivity contribution >= 4 is 58.3 Å². The molecule has 0 unspecified atom stereocenters. The molecule has 4 aromatic heterocycles. The third-order valence-electron chi connectivity index (χ3n) is 11.2. The minimum atomic E-state index is -1.45. The quantitative estimate of drug-likeness (QED) is 0.0119. The number of hydrogen-bond donors (Lipinski definition) is 16. The molecule has 0 aliphatic carbocycles. The number of rotatable bonds is 30. The van der Waals surface area contributed by atoms with Gasteiger partial charge in [-0.15, -0.1) is 0 Å². The van der Waals surface area contributed by atoms with Crippen molar-refractivity contribution in [3.8, 4) is 0 Å². The number of para-hydroxylation sites is 1. The van der Waals surface area contributed by atoms with Crippen molar-refractivity contribution in [1.82, 2.24) is 66.8 Å². The molecule has 0 saturated carbocycles. The molecule has 0 radical (unpaired) electrons. The minimum Gasteiger partial charge on any atom is -0.480 e. The molecule has 0 fully saturated rings. The monoisotopic (exact) mass is 986 g/mol. The summed E-state index contributed by atoms with van der Waals surface area (Å²) in [5.74, 6) is -6.51. The molecular weight excluding hydrogens is 925 g/mol. The molecule has 0 spiro atoms. The summed E-state index contributed by atoms with van der Waals surface area (Å²) in [6.45, 7) is -0.317. The van der Waals surface area contributed by atoms with Gasteiger partial charge in [-0.2, -0.15) is 0 Å². The highest BCUT2D eigenvalue weighted by Crippen LogP contribution is 2.20. The summed E-state index contributed by atoms with van der Waals surface area (Å²) in [5, 5.41) is 36.0. The number of nitrogens with zero attached hydrogens (tertiary/aromatic N) is 4. The van der Waals surface area contributed by atoms with Gasteiger partial charge in [0.2, 0.25) is 35.4 Å². The number of aliphatic hydroxyl groups excluding tert-OH is 1. The SMILES string of the molecule is NCCCC[C@H](NC(=O)[C@H](CCCN=C(N)N)NC(=O)[C@H](Cc1c[nH]c2ccccc12)NC(=O)[C@H](Cc1cnc[nH]1)NC(=O)[C@H](Cc1cnc[nH]1)NC(=O)[C@H](Cc1cnc[nH]1)NC(=O)[C@@H](N)CO)C(=O)O. The average molecular weight is 987 g/mol. The molecule has 4 heterocycles. The molecule has 20 N–H and O–H groups in total. The number of nitrogens with two attached hydrogens (primary N) is 4. The van der Waals surface area contributed by atoms with Crippen LogP contribution in [-0.2, 0) is 59.2 Å². The van der Waals surface area contributed by atoms with E-state index in [4.69, 9.17) is 22.9 Å². The molecule has 7 atom stereocenters. The van der Waals surface area contributed by atoms with Gasteiger partial charge in [-0.25, -0.2) is 19.7 Å². The normalized spacial score (nSPS) is 14.1. The van der Waals surface area contributed by atoms with Crippen LogP contribution in [0, 0.1) is 0 Å². The van der Waals surface area contributed by atoms with Crippen molar-refractivity contribution in [2.45, 2.75) is 100 Å². The fourth-order valence-electron chi connectivity index (χ4n) is 7.45. The number of aromatic nitrogens is 7. The van der Waals surface area contributed by atoms with E-state index in [0.717, 1.165) is 10.9 Å². The van der Waals surface area contributed by atoms with E-state index in [1.807, 2.05) is 18.2 Å². The summed E-state index contributed by atoms with van der Waals surface area (Å²) < 4.78 is 0. The van der Waals surface area contributed by atoms with Gasteiger partial charge < -0.3 is 85.0 Å². The molecule has 27 nitrogen and oxygen atoms in total. The molecule has 0 bridgehead atoms. The molecule has 0 saturated heterocycles. The highest BCUT2D eigenvalue weighted by molar-refractivity contribution is 5.97. The van der Waals surface area contributed by atoms with E-state index < -0.39 is 90.3 Å². The fourth-order valence-corrected chi connectivity index (χ4v) is 7.45. The first-order valence-corrected chi connectivity index (χ1v) is 22.8. The third-order valence-corrected chi connectivity index (χ3v) is 11.2. The summed E-state index contributed by atoms with van der Waals surface area (Å²) >= 11 is 0. The second kappa shape index (κ2) is 27.1. The number of aromatic amines is 4. The second-order valence-corrected chi connectivity index (χ2v) is 16.6. The van der Waals surface area contributed by atoms with E-state index in [-0.39, 0.29) is 57.5 Å². The molecule has 0 aliphatic rings. The number of carboxylic acids is 1. The predicted octanol–water partition coefficient (Wildman–Crippen LogP) is -3.90. The lowest BCUT2D eigenvalue weighted by molar-refractivity contribution is -0.142. The van der Waals surface area contributed by atoms with Crippen LogP contribution >= 0.6 is 0 Å². The van der Waals surface area contributed by atoms with Gasteiger partial charge in [0.05, 0.1) is 25.6 Å². The predicted molar refractivity (Wildman–Crippen MR) is 256 cm³/mol. The number of unbranched alkanes of at least 4 members (excludes halogenated alkanes) is 1. The standard InChI is InChI=1S/C44H62N18O9/c45-10-4-3-8-32(43(70)71)58-38(65)31(9-5-11-52-44(47)48)57-39(66)33(12-24-16-53-30-7-2-1-6-28(24)30)60-41(68)35(14-26-18-50-22-55-26)62-42(69)36(15-27-19-51-23-56-27)61-40(67)34(13-25-17-49-21-54-25)59-37(64)29(46)20-63/h1-2,6-7,16-19,21-23,29,31-36,53,63H,3-5,8-15,20,45-46H2,(H,49,54)(H,50,55)(H,51,56)(H,57,66)(H,58,65)(H,59,64)(H,60,68)(H,61,67)(H,62,69)(H,70,71)(H4,47,48,52)/t29-,31-,32-,33-,34-,35-,36-/m0/s1. The smallest absolute Gasteiger partial charge is 0.326 e. The molecule has 71 heavy (non-hydrogen) atoms. The van der Waals surface area contributed by atoms with E-state index in [0.29, 0.717) is 42.0 Å². The highest BCUT2D eigenvalue weighted by Gasteiger charge is 2.35. The maximum atomic E-state index is 14.7. The van der Waals surface area contributed by atoms with Gasteiger partial charge in [-0.05, 0) is 50.3 Å². The number of aliphatic imine (C=N–C) groups is 1. The van der Waals surface area contributed by atoms with E-state index in [9.17, 15) is 43.8 Å². The summed E-state index contributed by atoms with van der Waals surface area (Å²) in [4.78, 5) is 124. The Hall–Kier alpha value is -8.17. The number of carboxylic acid groups (broad SMARTS) is 1. The van der Waals surface area contributed by atoms with Gasteiger partial charge in [0.1, 0.15) is 42.3 Å². The summed E-state index contributed by atoms with van der Waals surface area (Å²) in [7, 11) is 0. The van der Waals surface area contributed by atoms with Crippen LogP contribution < -0.4 is 54.8 Å². The molecule has 6 amide bonds. The largest absolute Gasteiger partial charge is 0.480 e. The number of amides is 6. The van der Waals surface area contributed by atoms with Gasteiger partial charge in [0, 0.05) is 85.0 Å². The van der Waals surface area contributed by atoms with Crippen molar-refractivity contribution in [2.24, 2.45) is 27.9 Å². The number of carbonyl (C=O) groups excluding carboxylic acids is 6. The topological polar surface area (TPSA) is 450 Å². The van der Waals surface area contributed by atoms with E-state index in [1.54, 1.807) is 12.3 Å². The lowest BCUT2D eigenvalue weighted by atomic mass is 10.0. The number of imidazole rings is 3. The van der Waals surface area contributed by atoms with Crippen molar-refractivity contribution in [2.75, 3.05) is 19.7 Å². The summed E-state index contributed by atoms with van der Waals surface area (Å²) in [6.07, 6.45) is 10.6. The Morgan fingerprint density at radius 3 is 1.51 bits per heavy atom. The molecule has 27 heteroatoms. The molecular formula is C44H62N18O9. The van der Waals surface area contributed by atoms with E-state index in [1.165, 1.54) is 37.6 Å². The maximum Gasteiger partial charge on any atom is 0.326 e. The van der Waals surface area contributed by atoms with Crippen molar-refractivity contribution < 1.29 is 43.8 Å². The first-order valence-electron chi connectivity index (χ1n) is 22.8. The van der Waals surface area contributed by atoms with Crippen LogP contribution in [-0.4, -0.2) is 154 Å². The first-order chi connectivity index (χ1) is 34.1. The Bertz CT molecular complexity index is 2530. The van der Waals surface area contributed by atoms with Crippen LogP contribution in [0.4, 0.5) is 0 Å². The Kier molecular flexibility index (Phi) is 20.6. The number of benzene rings is 1. The van der Waals surface area contributed by atoms with Gasteiger partial charge in [-0.3, -0.25) is 33.8 Å². The number of guanidine groups is 1. The summed E-state index contributed by atoms with van der Waals surface area (Å²) in [5.41, 5.74) is 24.9. The minimum absolute atomic E-state index is 0.0418. The molecule has 0 aliphatic heterocycles. The molecule has 382 valence electrons. The highest BCUT2D eigenvalue weighted by atomic mass is 16.4. The Labute approximate surface area is 406 Å². The molecule has 5 aromatic rings.